The molecule has 1 aromatic rings. The third kappa shape index (κ3) is 6.52. The number of anilines is 1. The van der Waals surface area contributed by atoms with Crippen molar-refractivity contribution < 1.29 is 36.2 Å². The van der Waals surface area contributed by atoms with E-state index in [4.69, 9.17) is 14.2 Å². The topological polar surface area (TPSA) is 39.7 Å². The summed E-state index contributed by atoms with van der Waals surface area (Å²) in [6.45, 7) is 3.90. The zero-order chi connectivity index (χ0) is 22.7. The van der Waals surface area contributed by atoms with E-state index in [1.165, 1.54) is 14.2 Å². The first-order valence-corrected chi connectivity index (χ1v) is 10.3. The van der Waals surface area contributed by atoms with E-state index in [2.05, 4.69) is 12.2 Å². The van der Waals surface area contributed by atoms with Gasteiger partial charge in [-0.05, 0) is 13.3 Å². The summed E-state index contributed by atoms with van der Waals surface area (Å²) in [5.74, 6) is -12.1. The number of methoxy groups -OCH3 is 2. The molecule has 0 aliphatic carbocycles. The van der Waals surface area contributed by atoms with Crippen molar-refractivity contribution in [2.75, 3.05) is 32.7 Å². The molecule has 1 unspecified atom stereocenters. The van der Waals surface area contributed by atoms with Crippen molar-refractivity contribution in [3.63, 3.8) is 0 Å². The quantitative estimate of drug-likeness (QED) is 0.117. The van der Waals surface area contributed by atoms with Crippen LogP contribution in [0.4, 0.5) is 27.6 Å². The average molecular weight is 441 g/mol. The lowest BCUT2D eigenvalue weighted by molar-refractivity contribution is -0.385. The van der Waals surface area contributed by atoms with Gasteiger partial charge in [0.2, 0.25) is 5.82 Å². The summed E-state index contributed by atoms with van der Waals surface area (Å²) in [6, 6.07) is 0. The highest BCUT2D eigenvalue weighted by Gasteiger charge is 2.41. The van der Waals surface area contributed by atoms with Crippen LogP contribution in [0, 0.1) is 35.0 Å². The van der Waals surface area contributed by atoms with E-state index in [-0.39, 0.29) is 13.2 Å². The maximum absolute atomic E-state index is 14.0. The molecule has 0 bridgehead atoms. The molecule has 0 saturated carbocycles. The van der Waals surface area contributed by atoms with E-state index in [1.807, 2.05) is 0 Å². The second-order valence-corrected chi connectivity index (χ2v) is 7.02. The number of hydrogen-bond donors (Lipinski definition) is 1. The number of nitrogens with one attached hydrogen (secondary N) is 1. The predicted octanol–water partition coefficient (Wildman–Crippen LogP) is 6.14. The van der Waals surface area contributed by atoms with Crippen molar-refractivity contribution >= 4 is 5.69 Å². The Balaban J connectivity index is 3.00. The first kappa shape index (κ1) is 26.6. The molecule has 0 aliphatic heterocycles. The molecular weight excluding hydrogens is 409 g/mol. The third-order valence-electron chi connectivity index (χ3n) is 5.06. The van der Waals surface area contributed by atoms with Gasteiger partial charge in [-0.15, -0.1) is 0 Å². The van der Waals surface area contributed by atoms with Crippen molar-refractivity contribution in [1.82, 2.24) is 0 Å². The van der Waals surface area contributed by atoms with Gasteiger partial charge < -0.3 is 19.5 Å². The van der Waals surface area contributed by atoms with Gasteiger partial charge in [0.15, 0.2) is 23.3 Å². The average Bonchev–Trinajstić information content (AvgIpc) is 2.75. The van der Waals surface area contributed by atoms with Crippen LogP contribution in [0.2, 0.25) is 0 Å². The van der Waals surface area contributed by atoms with Gasteiger partial charge >= 0.3 is 0 Å². The second kappa shape index (κ2) is 13.1. The van der Waals surface area contributed by atoms with E-state index >= 15 is 0 Å². The summed E-state index contributed by atoms with van der Waals surface area (Å²) in [5, 5.41) is 2.35. The smallest absolute Gasteiger partial charge is 0.287 e. The summed E-state index contributed by atoms with van der Waals surface area (Å²) in [5.41, 5.74) is -1.09. The van der Waals surface area contributed by atoms with E-state index in [1.54, 1.807) is 6.92 Å². The van der Waals surface area contributed by atoms with Crippen molar-refractivity contribution in [3.05, 3.63) is 29.1 Å². The SMILES string of the molecule is CCCCCCCCC(CNc1c(F)c(F)c(F)c(F)c1F)C(OC)(OC)OCC. The zero-order valence-corrected chi connectivity index (χ0v) is 18.1. The molecule has 9 heteroatoms. The summed E-state index contributed by atoms with van der Waals surface area (Å²) in [4.78, 5) is 0. The lowest BCUT2D eigenvalue weighted by atomic mass is 9.97. The predicted molar refractivity (Wildman–Crippen MR) is 105 cm³/mol. The van der Waals surface area contributed by atoms with Gasteiger partial charge in [-0.2, -0.15) is 0 Å². The van der Waals surface area contributed by atoms with Gasteiger partial charge in [-0.3, -0.25) is 0 Å². The Bertz CT molecular complexity index is 627. The molecular formula is C21H32F5NO3. The summed E-state index contributed by atoms with van der Waals surface area (Å²) >= 11 is 0. The van der Waals surface area contributed by atoms with Crippen LogP contribution >= 0.6 is 0 Å². The number of ether oxygens (including phenoxy) is 3. The van der Waals surface area contributed by atoms with Crippen LogP contribution in [0.1, 0.15) is 58.8 Å². The lowest BCUT2D eigenvalue weighted by Crippen LogP contribution is -2.47. The van der Waals surface area contributed by atoms with Gasteiger partial charge in [-0.1, -0.05) is 45.4 Å². The molecule has 30 heavy (non-hydrogen) atoms. The molecule has 1 atom stereocenters. The number of benzene rings is 1. The highest BCUT2D eigenvalue weighted by molar-refractivity contribution is 5.47. The largest absolute Gasteiger partial charge is 0.380 e. The van der Waals surface area contributed by atoms with E-state index < -0.39 is 46.7 Å². The van der Waals surface area contributed by atoms with Gasteiger partial charge in [0.1, 0.15) is 5.69 Å². The van der Waals surface area contributed by atoms with E-state index in [0.717, 1.165) is 38.5 Å². The minimum Gasteiger partial charge on any atom is -0.380 e. The third-order valence-corrected chi connectivity index (χ3v) is 5.06. The van der Waals surface area contributed by atoms with Crippen molar-refractivity contribution in [1.29, 1.82) is 0 Å². The summed E-state index contributed by atoms with van der Waals surface area (Å²) < 4.78 is 84.7. The standard InChI is InChI=1S/C21H32F5NO3/c1-5-7-8-9-10-11-12-14(21(28-3,29-4)30-6-2)13-27-20-18(25)16(23)15(22)17(24)19(20)26/h14,27H,5-13H2,1-4H3. The Hall–Kier alpha value is -1.45. The molecule has 0 aliphatic rings. The maximum atomic E-state index is 14.0. The van der Waals surface area contributed by atoms with Crippen molar-refractivity contribution in [2.45, 2.75) is 64.8 Å². The Kier molecular flexibility index (Phi) is 11.6. The van der Waals surface area contributed by atoms with Crippen LogP contribution in [-0.4, -0.2) is 33.3 Å². The van der Waals surface area contributed by atoms with Gasteiger partial charge in [-0.25, -0.2) is 22.0 Å². The maximum Gasteiger partial charge on any atom is 0.287 e. The highest BCUT2D eigenvalue weighted by atomic mass is 19.2. The lowest BCUT2D eigenvalue weighted by Gasteiger charge is -2.37. The Morgan fingerprint density at radius 3 is 1.77 bits per heavy atom. The van der Waals surface area contributed by atoms with Gasteiger partial charge in [0.05, 0.1) is 5.92 Å². The van der Waals surface area contributed by atoms with Crippen LogP contribution in [0.5, 0.6) is 0 Å². The van der Waals surface area contributed by atoms with E-state index in [9.17, 15) is 22.0 Å². The van der Waals surface area contributed by atoms with Crippen LogP contribution in [0.3, 0.4) is 0 Å². The molecule has 1 rings (SSSR count). The Morgan fingerprint density at radius 1 is 0.767 bits per heavy atom. The first-order chi connectivity index (χ1) is 14.3. The zero-order valence-electron chi connectivity index (χ0n) is 18.1. The normalized spacial score (nSPS) is 13.0. The number of rotatable bonds is 15. The fourth-order valence-corrected chi connectivity index (χ4v) is 3.41. The molecule has 0 saturated heterocycles. The first-order valence-electron chi connectivity index (χ1n) is 10.3. The van der Waals surface area contributed by atoms with Crippen LogP contribution < -0.4 is 5.32 Å². The fraction of sp³-hybridized carbons (Fsp3) is 0.714. The van der Waals surface area contributed by atoms with E-state index in [0.29, 0.717) is 6.42 Å². The molecule has 0 spiro atoms. The highest BCUT2D eigenvalue weighted by Crippen LogP contribution is 2.32. The molecule has 174 valence electrons. The molecule has 0 aromatic heterocycles. The number of unbranched alkanes of at least 4 members (excludes halogenated alkanes) is 5. The molecule has 0 radical (unpaired) electrons. The number of halogens is 5. The molecule has 4 nitrogen and oxygen atoms in total. The van der Waals surface area contributed by atoms with Crippen molar-refractivity contribution in [2.24, 2.45) is 5.92 Å². The van der Waals surface area contributed by atoms with Crippen LogP contribution in [0.15, 0.2) is 0 Å². The van der Waals surface area contributed by atoms with Gasteiger partial charge in [0, 0.05) is 27.4 Å². The monoisotopic (exact) mass is 441 g/mol. The second-order valence-electron chi connectivity index (χ2n) is 7.02. The van der Waals surface area contributed by atoms with Crippen LogP contribution in [0.25, 0.3) is 0 Å². The van der Waals surface area contributed by atoms with Crippen molar-refractivity contribution in [3.8, 4) is 0 Å². The van der Waals surface area contributed by atoms with Gasteiger partial charge in [0.25, 0.3) is 5.97 Å². The molecule has 1 N–H and O–H groups in total. The minimum atomic E-state index is -2.20. The van der Waals surface area contributed by atoms with Crippen LogP contribution in [-0.2, 0) is 14.2 Å². The Labute approximate surface area is 175 Å². The molecule has 1 aromatic carbocycles. The summed E-state index contributed by atoms with van der Waals surface area (Å²) in [6.07, 6.45) is 6.58. The Morgan fingerprint density at radius 2 is 1.27 bits per heavy atom. The minimum absolute atomic E-state index is 0.186. The molecule has 0 amide bonds. The number of hydrogen-bond acceptors (Lipinski definition) is 4. The molecule has 0 heterocycles. The summed E-state index contributed by atoms with van der Waals surface area (Å²) in [7, 11) is 2.73. The fourth-order valence-electron chi connectivity index (χ4n) is 3.41. The molecule has 0 fully saturated rings.